The van der Waals surface area contributed by atoms with Crippen molar-refractivity contribution in [2.24, 2.45) is 0 Å². The molecule has 0 N–H and O–H groups in total. The molecule has 9 heteroatoms. The Kier molecular flexibility index (Phi) is 6.45. The van der Waals surface area contributed by atoms with E-state index < -0.39 is 10.0 Å². The Bertz CT molecular complexity index is 1150. The lowest BCUT2D eigenvalue weighted by Crippen LogP contribution is -2.62. The van der Waals surface area contributed by atoms with Gasteiger partial charge in [0, 0.05) is 34.5 Å². The number of hydrogen-bond donors (Lipinski definition) is 0. The van der Waals surface area contributed by atoms with Crippen LogP contribution in [0.25, 0.3) is 0 Å². The molecule has 6 nitrogen and oxygen atoms in total. The zero-order valence-corrected chi connectivity index (χ0v) is 20.4. The van der Waals surface area contributed by atoms with Gasteiger partial charge in [0.05, 0.1) is 18.3 Å². The van der Waals surface area contributed by atoms with Crippen LogP contribution in [0.2, 0.25) is 10.0 Å². The lowest BCUT2D eigenvalue weighted by molar-refractivity contribution is 0.115. The molecule has 0 amide bonds. The molecule has 4 rings (SSSR count). The highest BCUT2D eigenvalue weighted by atomic mass is 35.5. The molecule has 1 aliphatic heterocycles. The highest BCUT2D eigenvalue weighted by Crippen LogP contribution is 2.36. The maximum atomic E-state index is 12.7. The number of aryl methyl sites for hydroxylation is 2. The van der Waals surface area contributed by atoms with Gasteiger partial charge in [0.25, 0.3) is 0 Å². The van der Waals surface area contributed by atoms with Crippen molar-refractivity contribution in [3.63, 3.8) is 0 Å². The highest BCUT2D eigenvalue weighted by Gasteiger charge is 2.41. The van der Waals surface area contributed by atoms with Crippen molar-refractivity contribution in [2.75, 3.05) is 23.7 Å². The summed E-state index contributed by atoms with van der Waals surface area (Å²) in [7, 11) is -3.55. The third-order valence-corrected chi connectivity index (χ3v) is 7.16. The molecule has 1 saturated heterocycles. The van der Waals surface area contributed by atoms with E-state index in [0.29, 0.717) is 23.1 Å². The summed E-state index contributed by atoms with van der Waals surface area (Å²) in [5.41, 5.74) is 3.61. The molecular formula is C23H24Cl2N4O2S. The third-order valence-electron chi connectivity index (χ3n) is 5.48. The van der Waals surface area contributed by atoms with Crippen molar-refractivity contribution in [3.8, 4) is 0 Å². The van der Waals surface area contributed by atoms with E-state index >= 15 is 0 Å². The molecule has 1 aromatic heterocycles. The predicted molar refractivity (Wildman–Crippen MR) is 129 cm³/mol. The average molecular weight is 491 g/mol. The Hall–Kier alpha value is -2.19. The first-order chi connectivity index (χ1) is 15.1. The monoisotopic (exact) mass is 490 g/mol. The minimum Gasteiger partial charge on any atom is -0.288 e. The molecule has 1 fully saturated rings. The van der Waals surface area contributed by atoms with Crippen molar-refractivity contribution in [3.05, 3.63) is 87.2 Å². The van der Waals surface area contributed by atoms with Crippen molar-refractivity contribution in [2.45, 2.75) is 25.9 Å². The van der Waals surface area contributed by atoms with E-state index in [1.807, 2.05) is 68.4 Å². The summed E-state index contributed by atoms with van der Waals surface area (Å²) in [6, 6.07) is 17.0. The maximum Gasteiger partial charge on any atom is 0.240 e. The molecule has 0 aliphatic carbocycles. The molecule has 2 heterocycles. The second-order valence-electron chi connectivity index (χ2n) is 8.12. The minimum atomic E-state index is -3.55. The van der Waals surface area contributed by atoms with Crippen LogP contribution in [0.5, 0.6) is 0 Å². The Morgan fingerprint density at radius 3 is 1.75 bits per heavy atom. The zero-order valence-electron chi connectivity index (χ0n) is 18.0. The van der Waals surface area contributed by atoms with E-state index in [4.69, 9.17) is 23.2 Å². The van der Waals surface area contributed by atoms with E-state index in [0.717, 1.165) is 22.5 Å². The number of rotatable bonds is 6. The van der Waals surface area contributed by atoms with Crippen LogP contribution in [0.4, 0.5) is 5.95 Å². The Morgan fingerprint density at radius 1 is 0.906 bits per heavy atom. The SMILES string of the molecule is Cc1cc(C)nc(N(C2CN(C(c3ccc(Cl)cc3)c3ccc(Cl)cc3)C2)S(C)(=O)=O)n1. The molecule has 3 aromatic rings. The standard InChI is InChI=1S/C23H24Cl2N4O2S/c1-15-12-16(2)27-23(26-15)29(32(3,30)31)21-13-28(14-21)22(17-4-8-19(24)9-5-17)18-6-10-20(25)11-7-18/h4-12,21-22H,13-14H2,1-3H3. The molecule has 1 aliphatic rings. The maximum absolute atomic E-state index is 12.7. The summed E-state index contributed by atoms with van der Waals surface area (Å²) >= 11 is 12.2. The Morgan fingerprint density at radius 2 is 1.34 bits per heavy atom. The molecule has 2 aromatic carbocycles. The number of benzene rings is 2. The highest BCUT2D eigenvalue weighted by molar-refractivity contribution is 7.92. The Balaban J connectivity index is 1.64. The number of anilines is 1. The van der Waals surface area contributed by atoms with E-state index in [1.165, 1.54) is 10.6 Å². The second-order valence-corrected chi connectivity index (χ2v) is 10.9. The van der Waals surface area contributed by atoms with E-state index in [2.05, 4.69) is 14.9 Å². The van der Waals surface area contributed by atoms with Gasteiger partial charge in [-0.2, -0.15) is 0 Å². The van der Waals surface area contributed by atoms with Crippen LogP contribution < -0.4 is 4.31 Å². The van der Waals surface area contributed by atoms with Gasteiger partial charge in [-0.25, -0.2) is 22.7 Å². The van der Waals surface area contributed by atoms with E-state index in [9.17, 15) is 8.42 Å². The summed E-state index contributed by atoms with van der Waals surface area (Å²) in [5.74, 6) is 0.226. The topological polar surface area (TPSA) is 66.4 Å². The van der Waals surface area contributed by atoms with Gasteiger partial charge in [-0.05, 0) is 55.3 Å². The largest absolute Gasteiger partial charge is 0.288 e. The third kappa shape index (κ3) is 4.91. The van der Waals surface area contributed by atoms with E-state index in [-0.39, 0.29) is 18.0 Å². The lowest BCUT2D eigenvalue weighted by atomic mass is 9.93. The van der Waals surface area contributed by atoms with E-state index in [1.54, 1.807) is 0 Å². The summed E-state index contributed by atoms with van der Waals surface area (Å²) in [6.07, 6.45) is 1.20. The number of nitrogens with zero attached hydrogens (tertiary/aromatic N) is 4. The molecule has 0 bridgehead atoms. The number of likely N-dealkylation sites (tertiary alicyclic amines) is 1. The van der Waals surface area contributed by atoms with Crippen molar-refractivity contribution >= 4 is 39.2 Å². The van der Waals surface area contributed by atoms with Gasteiger partial charge in [-0.3, -0.25) is 4.90 Å². The average Bonchev–Trinajstić information content (AvgIpc) is 2.67. The van der Waals surface area contributed by atoms with Gasteiger partial charge >= 0.3 is 0 Å². The molecule has 0 unspecified atom stereocenters. The van der Waals surface area contributed by atoms with Crippen LogP contribution in [0.15, 0.2) is 54.6 Å². The summed E-state index contributed by atoms with van der Waals surface area (Å²) in [6.45, 7) is 4.75. The fourth-order valence-corrected chi connectivity index (χ4v) is 5.44. The van der Waals surface area contributed by atoms with Crippen molar-refractivity contribution in [1.29, 1.82) is 0 Å². The first kappa shape index (κ1) is 23.0. The van der Waals surface area contributed by atoms with Crippen LogP contribution in [0.3, 0.4) is 0 Å². The quantitative estimate of drug-likeness (QED) is 0.503. The van der Waals surface area contributed by atoms with Gasteiger partial charge in [0.2, 0.25) is 16.0 Å². The molecular weight excluding hydrogens is 467 g/mol. The summed E-state index contributed by atoms with van der Waals surface area (Å²) in [4.78, 5) is 11.0. The van der Waals surface area contributed by atoms with Gasteiger partial charge in [-0.1, -0.05) is 47.5 Å². The van der Waals surface area contributed by atoms with Gasteiger partial charge < -0.3 is 0 Å². The molecule has 0 atom stereocenters. The van der Waals surface area contributed by atoms with Crippen LogP contribution in [0.1, 0.15) is 28.6 Å². The number of aromatic nitrogens is 2. The van der Waals surface area contributed by atoms with Gasteiger partial charge in [0.15, 0.2) is 0 Å². The molecule has 32 heavy (non-hydrogen) atoms. The number of sulfonamides is 1. The van der Waals surface area contributed by atoms with Gasteiger partial charge in [0.1, 0.15) is 0 Å². The minimum absolute atomic E-state index is 0.0534. The van der Waals surface area contributed by atoms with Crippen LogP contribution in [0, 0.1) is 13.8 Å². The van der Waals surface area contributed by atoms with Gasteiger partial charge in [-0.15, -0.1) is 0 Å². The first-order valence-corrected chi connectivity index (χ1v) is 12.8. The molecule has 168 valence electrons. The fraction of sp³-hybridized carbons (Fsp3) is 0.304. The summed E-state index contributed by atoms with van der Waals surface area (Å²) < 4.78 is 26.7. The Labute approximate surface area is 198 Å². The molecule has 0 spiro atoms. The molecule has 0 saturated carbocycles. The molecule has 0 radical (unpaired) electrons. The number of hydrogen-bond acceptors (Lipinski definition) is 5. The second kappa shape index (κ2) is 8.98. The van der Waals surface area contributed by atoms with Crippen LogP contribution >= 0.6 is 23.2 Å². The van der Waals surface area contributed by atoms with Crippen molar-refractivity contribution < 1.29 is 8.42 Å². The van der Waals surface area contributed by atoms with Crippen LogP contribution in [-0.4, -0.2) is 48.7 Å². The summed E-state index contributed by atoms with van der Waals surface area (Å²) in [5, 5.41) is 1.33. The normalized spacial score (nSPS) is 15.1. The van der Waals surface area contributed by atoms with Crippen molar-refractivity contribution in [1.82, 2.24) is 14.9 Å². The number of halogens is 2. The first-order valence-electron chi connectivity index (χ1n) is 10.2. The fourth-order valence-electron chi connectivity index (χ4n) is 4.14. The predicted octanol–water partition coefficient (Wildman–Crippen LogP) is 4.64. The van der Waals surface area contributed by atoms with Crippen LogP contribution in [-0.2, 0) is 10.0 Å². The lowest BCUT2D eigenvalue weighted by Gasteiger charge is -2.48. The smallest absolute Gasteiger partial charge is 0.240 e. The zero-order chi connectivity index (χ0) is 23.0.